The first-order valence-electron chi connectivity index (χ1n) is 12.1. The van der Waals surface area contributed by atoms with Crippen LogP contribution in [0.2, 0.25) is 0 Å². The van der Waals surface area contributed by atoms with E-state index >= 15 is 0 Å². The van der Waals surface area contributed by atoms with Crippen molar-refractivity contribution in [1.29, 1.82) is 5.26 Å². The van der Waals surface area contributed by atoms with E-state index in [1.165, 1.54) is 30.2 Å². The zero-order valence-corrected chi connectivity index (χ0v) is 21.3. The van der Waals surface area contributed by atoms with Crippen molar-refractivity contribution in [3.63, 3.8) is 0 Å². The van der Waals surface area contributed by atoms with Crippen molar-refractivity contribution >= 4 is 35.8 Å². The van der Waals surface area contributed by atoms with Gasteiger partial charge in [-0.25, -0.2) is 9.97 Å². The summed E-state index contributed by atoms with van der Waals surface area (Å²) in [4.78, 5) is 15.9. The van der Waals surface area contributed by atoms with Gasteiger partial charge in [0.2, 0.25) is 5.95 Å². The third-order valence-corrected chi connectivity index (χ3v) is 8.13. The van der Waals surface area contributed by atoms with Gasteiger partial charge in [0.1, 0.15) is 30.0 Å². The van der Waals surface area contributed by atoms with Crippen molar-refractivity contribution in [2.75, 3.05) is 37.1 Å². The second-order valence-electron chi connectivity index (χ2n) is 9.67. The summed E-state index contributed by atoms with van der Waals surface area (Å²) in [7, 11) is -2.51. The van der Waals surface area contributed by atoms with Gasteiger partial charge in [-0.2, -0.15) is 10.2 Å². The van der Waals surface area contributed by atoms with Crippen molar-refractivity contribution in [3.8, 4) is 6.07 Å². The lowest BCUT2D eigenvalue weighted by Gasteiger charge is -2.38. The molecule has 3 heterocycles. The Labute approximate surface area is 206 Å². The molecule has 2 N–H and O–H groups in total. The van der Waals surface area contributed by atoms with E-state index in [9.17, 15) is 9.83 Å². The van der Waals surface area contributed by atoms with Gasteiger partial charge >= 0.3 is 0 Å². The van der Waals surface area contributed by atoms with E-state index < -0.39 is 7.14 Å². The summed E-state index contributed by atoms with van der Waals surface area (Å²) in [5.74, 6) is 1.87. The maximum atomic E-state index is 12.4. The molecule has 3 aromatic rings. The van der Waals surface area contributed by atoms with Gasteiger partial charge < -0.3 is 15.2 Å². The van der Waals surface area contributed by atoms with E-state index in [1.54, 1.807) is 37.1 Å². The van der Waals surface area contributed by atoms with Crippen LogP contribution in [0.25, 0.3) is 0 Å². The van der Waals surface area contributed by atoms with Crippen molar-refractivity contribution in [2.24, 2.45) is 0 Å². The molecule has 0 radical (unpaired) electrons. The molecule has 0 amide bonds. The summed E-state index contributed by atoms with van der Waals surface area (Å²) < 4.78 is 12.4. The highest BCUT2D eigenvalue weighted by atomic mass is 31.2. The molecule has 2 aliphatic rings. The van der Waals surface area contributed by atoms with Crippen LogP contribution in [0.1, 0.15) is 47.9 Å². The van der Waals surface area contributed by atoms with Crippen LogP contribution >= 0.6 is 7.14 Å². The maximum Gasteiger partial charge on any atom is 0.229 e. The van der Waals surface area contributed by atoms with Crippen LogP contribution in [0, 0.1) is 11.3 Å². The number of hydrogen-bond donors (Lipinski definition) is 2. The zero-order valence-electron chi connectivity index (χ0n) is 20.4. The summed E-state index contributed by atoms with van der Waals surface area (Å²) >= 11 is 0. The first-order chi connectivity index (χ1) is 16.8. The predicted octanol–water partition coefficient (Wildman–Crippen LogP) is 4.73. The zero-order chi connectivity index (χ0) is 24.6. The number of pyridine rings is 1. The van der Waals surface area contributed by atoms with Crippen molar-refractivity contribution in [1.82, 2.24) is 19.9 Å². The average Bonchev–Trinajstić information content (AvgIpc) is 2.84. The van der Waals surface area contributed by atoms with Crippen molar-refractivity contribution in [2.45, 2.75) is 38.6 Å². The van der Waals surface area contributed by atoms with Gasteiger partial charge in [-0.05, 0) is 86.0 Å². The van der Waals surface area contributed by atoms with Crippen LogP contribution in [-0.4, -0.2) is 46.3 Å². The lowest BCUT2D eigenvalue weighted by Crippen LogP contribution is -2.35. The second-order valence-corrected chi connectivity index (χ2v) is 12.8. The van der Waals surface area contributed by atoms with Crippen LogP contribution in [-0.2, 0) is 17.5 Å². The molecule has 0 fully saturated rings. The Kier molecular flexibility index (Phi) is 6.31. The molecule has 0 saturated heterocycles. The fourth-order valence-electron chi connectivity index (χ4n) is 5.10. The molecule has 5 rings (SSSR count). The summed E-state index contributed by atoms with van der Waals surface area (Å²) in [6.45, 7) is 8.75. The number of nitrogens with one attached hydrogen (secondary N) is 2. The van der Waals surface area contributed by atoms with E-state index in [0.717, 1.165) is 31.7 Å². The molecule has 1 aliphatic heterocycles. The number of likely N-dealkylation sites (N-methyl/N-ethyl adjacent to an activating group) is 1. The van der Waals surface area contributed by atoms with Crippen molar-refractivity contribution < 1.29 is 4.57 Å². The summed E-state index contributed by atoms with van der Waals surface area (Å²) in [5, 5.41) is 16.1. The third-order valence-electron chi connectivity index (χ3n) is 6.78. The maximum absolute atomic E-state index is 12.4. The van der Waals surface area contributed by atoms with Gasteiger partial charge in [-0.1, -0.05) is 13.0 Å². The minimum absolute atomic E-state index is 0.306. The Morgan fingerprint density at radius 3 is 2.80 bits per heavy atom. The third kappa shape index (κ3) is 4.93. The molecule has 8 nitrogen and oxygen atoms in total. The van der Waals surface area contributed by atoms with Gasteiger partial charge in [0, 0.05) is 18.8 Å². The molecule has 0 spiro atoms. The molecular weight excluding hydrogens is 457 g/mol. The Bertz CT molecular complexity index is 1360. The number of rotatable bonds is 6. The number of benzene rings is 1. The molecule has 0 saturated carbocycles. The molecule has 1 aromatic carbocycles. The van der Waals surface area contributed by atoms with Crippen LogP contribution in [0.5, 0.6) is 0 Å². The Morgan fingerprint density at radius 1 is 1.20 bits per heavy atom. The molecule has 1 atom stereocenters. The van der Waals surface area contributed by atoms with E-state index in [4.69, 9.17) is 0 Å². The first kappa shape index (κ1) is 23.5. The quantitative estimate of drug-likeness (QED) is 0.481. The first-order valence-corrected chi connectivity index (χ1v) is 14.7. The van der Waals surface area contributed by atoms with Crippen LogP contribution in [0.3, 0.4) is 0 Å². The monoisotopic (exact) mass is 487 g/mol. The summed E-state index contributed by atoms with van der Waals surface area (Å²) in [5.41, 5.74) is 6.15. The lowest BCUT2D eigenvalue weighted by molar-refractivity contribution is 0.231. The van der Waals surface area contributed by atoms with Crippen molar-refractivity contribution in [3.05, 3.63) is 58.8 Å². The molecule has 2 aromatic heterocycles. The Morgan fingerprint density at radius 2 is 2.03 bits per heavy atom. The molecule has 0 bridgehead atoms. The minimum atomic E-state index is -2.51. The SMILES string of the molecule is CCN1Cc2cc(Nc3ncc(C#N)c(Nc4cccc(P(C)(C)=O)n4)n3)cc3c2[C@H](CCC3)C1. The van der Waals surface area contributed by atoms with E-state index in [-0.39, 0.29) is 0 Å². The van der Waals surface area contributed by atoms with Gasteiger partial charge in [0.05, 0.1) is 6.20 Å². The number of anilines is 4. The highest BCUT2D eigenvalue weighted by Gasteiger charge is 2.30. The highest BCUT2D eigenvalue weighted by molar-refractivity contribution is 7.69. The van der Waals surface area contributed by atoms with E-state index in [2.05, 4.69) is 55.6 Å². The normalized spacial score (nSPS) is 17.4. The van der Waals surface area contributed by atoms with E-state index in [1.807, 2.05) is 0 Å². The second kappa shape index (κ2) is 9.41. The average molecular weight is 488 g/mol. The van der Waals surface area contributed by atoms with Crippen LogP contribution < -0.4 is 16.1 Å². The van der Waals surface area contributed by atoms with Gasteiger partial charge in [0.15, 0.2) is 5.82 Å². The van der Waals surface area contributed by atoms with Gasteiger partial charge in [-0.15, -0.1) is 0 Å². The fourth-order valence-corrected chi connectivity index (χ4v) is 5.89. The molecule has 9 heteroatoms. The minimum Gasteiger partial charge on any atom is -0.324 e. The Balaban J connectivity index is 1.44. The molecule has 1 aliphatic carbocycles. The Hall–Kier alpha value is -3.27. The molecule has 180 valence electrons. The highest BCUT2D eigenvalue weighted by Crippen LogP contribution is 2.40. The van der Waals surface area contributed by atoms with E-state index in [0.29, 0.717) is 34.5 Å². The smallest absolute Gasteiger partial charge is 0.229 e. The summed E-state index contributed by atoms with van der Waals surface area (Å²) in [6.07, 6.45) is 5.08. The molecule has 35 heavy (non-hydrogen) atoms. The van der Waals surface area contributed by atoms with Gasteiger partial charge in [-0.3, -0.25) is 4.90 Å². The number of aromatic nitrogens is 3. The summed E-state index contributed by atoms with van der Waals surface area (Å²) in [6, 6.07) is 11.9. The van der Waals surface area contributed by atoms with Gasteiger partial charge in [0.25, 0.3) is 0 Å². The molecule has 0 unspecified atom stereocenters. The van der Waals surface area contributed by atoms with Crippen LogP contribution in [0.15, 0.2) is 36.5 Å². The number of hydrogen-bond acceptors (Lipinski definition) is 8. The predicted molar refractivity (Wildman–Crippen MR) is 140 cm³/mol. The fraction of sp³-hybridized carbons (Fsp3) is 0.385. The molecular formula is C26H30N7OP. The number of nitriles is 1. The lowest BCUT2D eigenvalue weighted by atomic mass is 9.77. The largest absolute Gasteiger partial charge is 0.324 e. The standard InChI is InChI=1S/C26H30N7OP/c1-4-33-15-18-8-5-7-17-11-21(12-19(16-33)24(17)18)29-26-28-14-20(13-27)25(32-26)31-22-9-6-10-23(30-22)35(2,3)34/h6,9-12,14,18H,4-5,7-8,15-16H2,1-3H3,(H2,28,29,30,31,32)/t18-/m1/s1. The number of aryl methyl sites for hydroxylation is 1. The number of nitrogens with zero attached hydrogens (tertiary/aromatic N) is 5. The van der Waals surface area contributed by atoms with Crippen LogP contribution in [0.4, 0.5) is 23.3 Å². The topological polar surface area (TPSA) is 107 Å².